The van der Waals surface area contributed by atoms with Gasteiger partial charge in [-0.1, -0.05) is 37.3 Å². The standard InChI is InChI=1S/C15H22N2/c1-2-8-17-9-4-7-15(12-17)14-6-3-5-13(10-14)11-16/h3,5-7,10H,2,4,8-9,11-12,16H2,1H3. The fourth-order valence-electron chi connectivity index (χ4n) is 2.42. The minimum atomic E-state index is 0.625. The Kier molecular flexibility index (Phi) is 4.35. The molecule has 0 bridgehead atoms. The molecule has 1 heterocycles. The Labute approximate surface area is 104 Å². The molecule has 2 nitrogen and oxygen atoms in total. The molecule has 0 saturated carbocycles. The fourth-order valence-corrected chi connectivity index (χ4v) is 2.42. The minimum Gasteiger partial charge on any atom is -0.326 e. The first-order valence-corrected chi connectivity index (χ1v) is 6.54. The normalized spacial score (nSPS) is 16.9. The van der Waals surface area contributed by atoms with Gasteiger partial charge in [0, 0.05) is 19.6 Å². The van der Waals surface area contributed by atoms with Crippen molar-refractivity contribution in [1.82, 2.24) is 4.90 Å². The van der Waals surface area contributed by atoms with Crippen LogP contribution in [0.1, 0.15) is 30.9 Å². The summed E-state index contributed by atoms with van der Waals surface area (Å²) in [6, 6.07) is 8.62. The maximum absolute atomic E-state index is 5.69. The van der Waals surface area contributed by atoms with Crippen LogP contribution in [0.5, 0.6) is 0 Å². The van der Waals surface area contributed by atoms with Crippen molar-refractivity contribution < 1.29 is 0 Å². The van der Waals surface area contributed by atoms with E-state index in [1.807, 2.05) is 0 Å². The summed E-state index contributed by atoms with van der Waals surface area (Å²) in [5, 5.41) is 0. The molecule has 0 amide bonds. The van der Waals surface area contributed by atoms with Gasteiger partial charge in [-0.2, -0.15) is 0 Å². The van der Waals surface area contributed by atoms with Crippen LogP contribution in [0.25, 0.3) is 5.57 Å². The van der Waals surface area contributed by atoms with E-state index in [0.717, 1.165) is 6.54 Å². The van der Waals surface area contributed by atoms with Crippen molar-refractivity contribution in [3.05, 3.63) is 41.5 Å². The van der Waals surface area contributed by atoms with E-state index in [-0.39, 0.29) is 0 Å². The summed E-state index contributed by atoms with van der Waals surface area (Å²) in [5.74, 6) is 0. The smallest absolute Gasteiger partial charge is 0.0236 e. The highest BCUT2D eigenvalue weighted by atomic mass is 15.1. The van der Waals surface area contributed by atoms with Crippen molar-refractivity contribution in [2.75, 3.05) is 19.6 Å². The SMILES string of the molecule is CCCN1CCC=C(c2cccc(CN)c2)C1. The second kappa shape index (κ2) is 5.99. The van der Waals surface area contributed by atoms with E-state index in [9.17, 15) is 0 Å². The monoisotopic (exact) mass is 230 g/mol. The fraction of sp³-hybridized carbons (Fsp3) is 0.467. The first-order valence-electron chi connectivity index (χ1n) is 6.54. The van der Waals surface area contributed by atoms with Crippen LogP contribution >= 0.6 is 0 Å². The number of hydrogen-bond donors (Lipinski definition) is 1. The zero-order valence-electron chi connectivity index (χ0n) is 10.7. The van der Waals surface area contributed by atoms with Crippen molar-refractivity contribution >= 4 is 5.57 Å². The molecule has 1 aliphatic heterocycles. The molecule has 0 saturated heterocycles. The highest BCUT2D eigenvalue weighted by Gasteiger charge is 2.12. The van der Waals surface area contributed by atoms with Gasteiger partial charge >= 0.3 is 0 Å². The maximum Gasteiger partial charge on any atom is 0.0236 e. The lowest BCUT2D eigenvalue weighted by molar-refractivity contribution is 0.305. The van der Waals surface area contributed by atoms with E-state index in [0.29, 0.717) is 6.54 Å². The van der Waals surface area contributed by atoms with E-state index in [1.54, 1.807) is 0 Å². The number of nitrogens with zero attached hydrogens (tertiary/aromatic N) is 1. The Morgan fingerprint density at radius 3 is 3.00 bits per heavy atom. The topological polar surface area (TPSA) is 29.3 Å². The summed E-state index contributed by atoms with van der Waals surface area (Å²) in [7, 11) is 0. The quantitative estimate of drug-likeness (QED) is 0.861. The summed E-state index contributed by atoms with van der Waals surface area (Å²) >= 11 is 0. The molecule has 0 fully saturated rings. The Bertz CT molecular complexity index is 396. The van der Waals surface area contributed by atoms with E-state index < -0.39 is 0 Å². The zero-order chi connectivity index (χ0) is 12.1. The van der Waals surface area contributed by atoms with Crippen LogP contribution in [0.15, 0.2) is 30.3 Å². The average molecular weight is 230 g/mol. The molecule has 0 aliphatic carbocycles. The van der Waals surface area contributed by atoms with Crippen LogP contribution in [0, 0.1) is 0 Å². The Balaban J connectivity index is 2.13. The average Bonchev–Trinajstić information content (AvgIpc) is 2.40. The van der Waals surface area contributed by atoms with Crippen LogP contribution in [0.2, 0.25) is 0 Å². The van der Waals surface area contributed by atoms with Gasteiger partial charge in [0.25, 0.3) is 0 Å². The molecule has 0 unspecified atom stereocenters. The first kappa shape index (κ1) is 12.3. The molecule has 1 aromatic rings. The summed E-state index contributed by atoms with van der Waals surface area (Å²) in [6.45, 7) is 6.36. The summed E-state index contributed by atoms with van der Waals surface area (Å²) in [5.41, 5.74) is 9.71. The molecule has 17 heavy (non-hydrogen) atoms. The third kappa shape index (κ3) is 3.18. The van der Waals surface area contributed by atoms with Crippen LogP contribution in [0.3, 0.4) is 0 Å². The van der Waals surface area contributed by atoms with E-state index >= 15 is 0 Å². The van der Waals surface area contributed by atoms with Crippen molar-refractivity contribution in [2.24, 2.45) is 5.73 Å². The van der Waals surface area contributed by atoms with Crippen molar-refractivity contribution in [1.29, 1.82) is 0 Å². The molecule has 1 aliphatic rings. The van der Waals surface area contributed by atoms with Crippen LogP contribution in [-0.2, 0) is 6.54 Å². The van der Waals surface area contributed by atoms with Crippen molar-refractivity contribution in [3.63, 3.8) is 0 Å². The lowest BCUT2D eigenvalue weighted by Crippen LogP contribution is -2.30. The molecular formula is C15H22N2. The van der Waals surface area contributed by atoms with Crippen molar-refractivity contribution in [3.8, 4) is 0 Å². The Hall–Kier alpha value is -1.12. The van der Waals surface area contributed by atoms with E-state index in [1.165, 1.54) is 42.6 Å². The number of hydrogen-bond acceptors (Lipinski definition) is 2. The highest BCUT2D eigenvalue weighted by Crippen LogP contribution is 2.21. The van der Waals surface area contributed by atoms with E-state index in [2.05, 4.69) is 42.2 Å². The van der Waals surface area contributed by atoms with Gasteiger partial charge in [0.2, 0.25) is 0 Å². The third-order valence-corrected chi connectivity index (χ3v) is 3.30. The minimum absolute atomic E-state index is 0.625. The van der Waals surface area contributed by atoms with Gasteiger partial charge in [-0.15, -0.1) is 0 Å². The molecule has 0 atom stereocenters. The number of rotatable bonds is 4. The molecule has 2 heteroatoms. The number of benzene rings is 1. The largest absolute Gasteiger partial charge is 0.326 e. The number of nitrogens with two attached hydrogens (primary N) is 1. The Morgan fingerprint density at radius 1 is 1.35 bits per heavy atom. The zero-order valence-corrected chi connectivity index (χ0v) is 10.7. The Morgan fingerprint density at radius 2 is 2.24 bits per heavy atom. The molecule has 2 N–H and O–H groups in total. The predicted molar refractivity (Wildman–Crippen MR) is 73.7 cm³/mol. The molecule has 92 valence electrons. The maximum atomic E-state index is 5.69. The second-order valence-corrected chi connectivity index (χ2v) is 4.70. The van der Waals surface area contributed by atoms with Crippen LogP contribution in [0.4, 0.5) is 0 Å². The molecule has 0 aromatic heterocycles. The first-order chi connectivity index (χ1) is 8.33. The van der Waals surface area contributed by atoms with Gasteiger partial charge in [0.05, 0.1) is 0 Å². The highest BCUT2D eigenvalue weighted by molar-refractivity contribution is 5.68. The molecule has 0 radical (unpaired) electrons. The summed E-state index contributed by atoms with van der Waals surface area (Å²) in [6.07, 6.45) is 4.78. The van der Waals surface area contributed by atoms with Crippen LogP contribution in [-0.4, -0.2) is 24.5 Å². The summed E-state index contributed by atoms with van der Waals surface area (Å²) < 4.78 is 0. The van der Waals surface area contributed by atoms with Gasteiger partial charge in [-0.3, -0.25) is 4.90 Å². The summed E-state index contributed by atoms with van der Waals surface area (Å²) in [4.78, 5) is 2.53. The van der Waals surface area contributed by atoms with Crippen LogP contribution < -0.4 is 5.73 Å². The molecule has 2 rings (SSSR count). The lowest BCUT2D eigenvalue weighted by Gasteiger charge is -2.27. The van der Waals surface area contributed by atoms with Crippen molar-refractivity contribution in [2.45, 2.75) is 26.3 Å². The van der Waals surface area contributed by atoms with Gasteiger partial charge in [0.15, 0.2) is 0 Å². The predicted octanol–water partition coefficient (Wildman–Crippen LogP) is 2.64. The van der Waals surface area contributed by atoms with Gasteiger partial charge in [0.1, 0.15) is 0 Å². The second-order valence-electron chi connectivity index (χ2n) is 4.70. The van der Waals surface area contributed by atoms with E-state index in [4.69, 9.17) is 5.73 Å². The third-order valence-electron chi connectivity index (χ3n) is 3.30. The van der Waals surface area contributed by atoms with Gasteiger partial charge < -0.3 is 5.73 Å². The molecular weight excluding hydrogens is 208 g/mol. The van der Waals surface area contributed by atoms with Gasteiger partial charge in [-0.25, -0.2) is 0 Å². The molecule has 0 spiro atoms. The van der Waals surface area contributed by atoms with Gasteiger partial charge in [-0.05, 0) is 36.1 Å². The molecule has 1 aromatic carbocycles. The lowest BCUT2D eigenvalue weighted by atomic mass is 9.99.